The summed E-state index contributed by atoms with van der Waals surface area (Å²) in [6.07, 6.45) is 0. The van der Waals surface area contributed by atoms with Gasteiger partial charge < -0.3 is 10.6 Å². The summed E-state index contributed by atoms with van der Waals surface area (Å²) in [5.74, 6) is -0.482. The van der Waals surface area contributed by atoms with Crippen LogP contribution in [-0.4, -0.2) is 29.3 Å². The highest BCUT2D eigenvalue weighted by atomic mass is 16.2. The summed E-state index contributed by atoms with van der Waals surface area (Å²) in [5, 5.41) is 5.51. The Morgan fingerprint density at radius 1 is 1.07 bits per heavy atom. The molecule has 2 aromatic rings. The zero-order valence-electron chi connectivity index (χ0n) is 17.5. The summed E-state index contributed by atoms with van der Waals surface area (Å²) < 4.78 is 0. The molecule has 0 aliphatic carbocycles. The van der Waals surface area contributed by atoms with Crippen molar-refractivity contribution in [3.8, 4) is 0 Å². The fraction of sp³-hybridized carbons (Fsp3) is 0.348. The van der Waals surface area contributed by atoms with Gasteiger partial charge >= 0.3 is 6.03 Å². The van der Waals surface area contributed by atoms with E-state index in [4.69, 9.17) is 0 Å². The van der Waals surface area contributed by atoms with Gasteiger partial charge in [-0.3, -0.25) is 14.5 Å². The van der Waals surface area contributed by atoms with Crippen LogP contribution in [0, 0.1) is 13.8 Å². The van der Waals surface area contributed by atoms with Crippen molar-refractivity contribution >= 4 is 23.5 Å². The molecule has 1 aliphatic rings. The van der Waals surface area contributed by atoms with Crippen LogP contribution in [0.4, 0.5) is 10.5 Å². The quantitative estimate of drug-likeness (QED) is 0.758. The van der Waals surface area contributed by atoms with Crippen LogP contribution in [0.1, 0.15) is 48.9 Å². The lowest BCUT2D eigenvalue weighted by Gasteiger charge is -2.22. The average Bonchev–Trinajstić information content (AvgIpc) is 2.85. The van der Waals surface area contributed by atoms with Gasteiger partial charge in [-0.05, 0) is 61.1 Å². The molecular formula is C23H27N3O3. The first kappa shape index (κ1) is 20.6. The molecule has 1 atom stereocenters. The van der Waals surface area contributed by atoms with Crippen molar-refractivity contribution < 1.29 is 14.4 Å². The predicted molar refractivity (Wildman–Crippen MR) is 113 cm³/mol. The monoisotopic (exact) mass is 393 g/mol. The van der Waals surface area contributed by atoms with Crippen LogP contribution in [-0.2, 0) is 15.1 Å². The number of hydrogen-bond acceptors (Lipinski definition) is 3. The van der Waals surface area contributed by atoms with Crippen molar-refractivity contribution in [2.75, 3.05) is 11.9 Å². The van der Waals surface area contributed by atoms with E-state index < -0.39 is 23.4 Å². The molecule has 6 heteroatoms. The van der Waals surface area contributed by atoms with Gasteiger partial charge in [0.05, 0.1) is 0 Å². The Hall–Kier alpha value is -3.15. The Labute approximate surface area is 171 Å². The van der Waals surface area contributed by atoms with E-state index in [0.717, 1.165) is 21.6 Å². The number of nitrogens with one attached hydrogen (secondary N) is 2. The van der Waals surface area contributed by atoms with Gasteiger partial charge in [0.25, 0.3) is 5.91 Å². The lowest BCUT2D eigenvalue weighted by molar-refractivity contribution is -0.133. The standard InChI is InChI=1S/C23H27N3O3/c1-14(2)17-6-8-18(9-7-17)23(5)21(28)26(22(29)25-23)13-20(27)24-19-11-15(3)10-16(4)12-19/h6-12,14H,13H2,1-5H3,(H,24,27)(H,25,29). The van der Waals surface area contributed by atoms with E-state index in [9.17, 15) is 14.4 Å². The van der Waals surface area contributed by atoms with Crippen LogP contribution in [0.5, 0.6) is 0 Å². The SMILES string of the molecule is Cc1cc(C)cc(NC(=O)CN2C(=O)NC(C)(c3ccc(C(C)C)cc3)C2=O)c1. The molecule has 1 fully saturated rings. The molecule has 1 saturated heterocycles. The number of imide groups is 1. The number of aryl methyl sites for hydroxylation is 2. The van der Waals surface area contributed by atoms with Crippen molar-refractivity contribution in [2.24, 2.45) is 0 Å². The molecule has 6 nitrogen and oxygen atoms in total. The molecule has 0 saturated carbocycles. The van der Waals surface area contributed by atoms with Crippen molar-refractivity contribution in [1.29, 1.82) is 0 Å². The third kappa shape index (κ3) is 4.16. The molecule has 3 rings (SSSR count). The number of carbonyl (C=O) groups is 3. The maximum absolute atomic E-state index is 13.0. The summed E-state index contributed by atoms with van der Waals surface area (Å²) in [6.45, 7) is 9.40. The summed E-state index contributed by atoms with van der Waals surface area (Å²) in [6, 6.07) is 12.7. The molecule has 2 aromatic carbocycles. The Bertz CT molecular complexity index is 946. The topological polar surface area (TPSA) is 78.5 Å². The number of anilines is 1. The van der Waals surface area contributed by atoms with E-state index in [1.54, 1.807) is 6.92 Å². The number of urea groups is 1. The molecular weight excluding hydrogens is 366 g/mol. The zero-order chi connectivity index (χ0) is 21.3. The van der Waals surface area contributed by atoms with Crippen LogP contribution >= 0.6 is 0 Å². The molecule has 1 heterocycles. The van der Waals surface area contributed by atoms with Crippen LogP contribution < -0.4 is 10.6 Å². The molecule has 4 amide bonds. The fourth-order valence-electron chi connectivity index (χ4n) is 3.63. The summed E-state index contributed by atoms with van der Waals surface area (Å²) in [5.41, 5.74) is 3.34. The van der Waals surface area contributed by atoms with E-state index in [1.807, 2.05) is 56.3 Å². The summed E-state index contributed by atoms with van der Waals surface area (Å²) in [4.78, 5) is 38.9. The minimum atomic E-state index is -1.19. The van der Waals surface area contributed by atoms with Gasteiger partial charge in [0.2, 0.25) is 5.91 Å². The van der Waals surface area contributed by atoms with E-state index in [0.29, 0.717) is 17.2 Å². The maximum atomic E-state index is 13.0. The number of benzene rings is 2. The van der Waals surface area contributed by atoms with Gasteiger partial charge in [-0.1, -0.05) is 44.2 Å². The number of carbonyl (C=O) groups excluding carboxylic acids is 3. The van der Waals surface area contributed by atoms with Gasteiger partial charge in [0, 0.05) is 5.69 Å². The second kappa shape index (κ2) is 7.70. The minimum absolute atomic E-state index is 0.336. The molecule has 0 aromatic heterocycles. The Morgan fingerprint density at radius 3 is 2.21 bits per heavy atom. The molecule has 29 heavy (non-hydrogen) atoms. The highest BCUT2D eigenvalue weighted by Gasteiger charge is 2.49. The molecule has 0 radical (unpaired) electrons. The second-order valence-corrected chi connectivity index (χ2v) is 8.15. The highest BCUT2D eigenvalue weighted by molar-refractivity contribution is 6.10. The van der Waals surface area contributed by atoms with E-state index >= 15 is 0 Å². The largest absolute Gasteiger partial charge is 0.325 e. The third-order valence-electron chi connectivity index (χ3n) is 5.24. The van der Waals surface area contributed by atoms with Crippen molar-refractivity contribution in [1.82, 2.24) is 10.2 Å². The van der Waals surface area contributed by atoms with E-state index in [2.05, 4.69) is 24.5 Å². The van der Waals surface area contributed by atoms with Crippen molar-refractivity contribution in [3.05, 3.63) is 64.7 Å². The minimum Gasteiger partial charge on any atom is -0.325 e. The zero-order valence-corrected chi connectivity index (χ0v) is 17.5. The number of rotatable bonds is 5. The first-order valence-corrected chi connectivity index (χ1v) is 9.73. The lowest BCUT2D eigenvalue weighted by atomic mass is 9.90. The Morgan fingerprint density at radius 2 is 1.66 bits per heavy atom. The maximum Gasteiger partial charge on any atom is 0.325 e. The summed E-state index contributed by atoms with van der Waals surface area (Å²) in [7, 11) is 0. The van der Waals surface area contributed by atoms with E-state index in [-0.39, 0.29) is 6.54 Å². The number of hydrogen-bond donors (Lipinski definition) is 2. The van der Waals surface area contributed by atoms with Gasteiger partial charge in [-0.25, -0.2) is 4.79 Å². The molecule has 0 spiro atoms. The highest BCUT2D eigenvalue weighted by Crippen LogP contribution is 2.30. The van der Waals surface area contributed by atoms with Crippen LogP contribution in [0.2, 0.25) is 0 Å². The van der Waals surface area contributed by atoms with Crippen LogP contribution in [0.25, 0.3) is 0 Å². The fourth-order valence-corrected chi connectivity index (χ4v) is 3.63. The smallest absolute Gasteiger partial charge is 0.325 e. The molecule has 2 N–H and O–H groups in total. The van der Waals surface area contributed by atoms with Gasteiger partial charge in [0.1, 0.15) is 12.1 Å². The Kier molecular flexibility index (Phi) is 5.46. The van der Waals surface area contributed by atoms with Gasteiger partial charge in [0.15, 0.2) is 0 Å². The van der Waals surface area contributed by atoms with Gasteiger partial charge in [-0.2, -0.15) is 0 Å². The number of amides is 4. The van der Waals surface area contributed by atoms with Gasteiger partial charge in [-0.15, -0.1) is 0 Å². The average molecular weight is 393 g/mol. The second-order valence-electron chi connectivity index (χ2n) is 8.15. The third-order valence-corrected chi connectivity index (χ3v) is 5.24. The predicted octanol–water partition coefficient (Wildman–Crippen LogP) is 3.83. The van der Waals surface area contributed by atoms with Crippen LogP contribution in [0.3, 0.4) is 0 Å². The lowest BCUT2D eigenvalue weighted by Crippen LogP contribution is -2.42. The van der Waals surface area contributed by atoms with Crippen molar-refractivity contribution in [2.45, 2.75) is 46.1 Å². The van der Waals surface area contributed by atoms with Crippen LogP contribution in [0.15, 0.2) is 42.5 Å². The van der Waals surface area contributed by atoms with E-state index in [1.165, 1.54) is 0 Å². The molecule has 1 aliphatic heterocycles. The molecule has 1 unspecified atom stereocenters. The molecule has 0 bridgehead atoms. The summed E-state index contributed by atoms with van der Waals surface area (Å²) >= 11 is 0. The first-order valence-electron chi connectivity index (χ1n) is 9.73. The Balaban J connectivity index is 1.75. The first-order chi connectivity index (χ1) is 13.6. The van der Waals surface area contributed by atoms with Crippen molar-refractivity contribution in [3.63, 3.8) is 0 Å². The molecule has 152 valence electrons. The number of nitrogens with zero attached hydrogens (tertiary/aromatic N) is 1. The normalized spacial score (nSPS) is 18.9.